The summed E-state index contributed by atoms with van der Waals surface area (Å²) in [5.74, 6) is 1.67. The molecule has 2 amide bonds. The minimum Gasteiger partial charge on any atom is -0.497 e. The molecule has 0 heterocycles. The van der Waals surface area contributed by atoms with Crippen LogP contribution in [0.15, 0.2) is 24.3 Å². The maximum Gasteiger partial charge on any atom is 0.327 e. The summed E-state index contributed by atoms with van der Waals surface area (Å²) in [5, 5.41) is 13.6. The van der Waals surface area contributed by atoms with E-state index in [1.54, 1.807) is 24.3 Å². The Labute approximate surface area is 110 Å². The number of rotatable bonds is 5. The van der Waals surface area contributed by atoms with Crippen LogP contribution in [0.3, 0.4) is 0 Å². The average Bonchev–Trinajstić information content (AvgIpc) is 2.39. The number of ether oxygens (including phenoxy) is 1. The van der Waals surface area contributed by atoms with Crippen LogP contribution >= 0.6 is 0 Å². The lowest BCUT2D eigenvalue weighted by atomic mass is 10.2. The van der Waals surface area contributed by atoms with Crippen molar-refractivity contribution in [3.63, 3.8) is 0 Å². The highest BCUT2D eigenvalue weighted by Crippen LogP contribution is 2.14. The van der Waals surface area contributed by atoms with Crippen molar-refractivity contribution in [2.24, 2.45) is 0 Å². The number of aliphatic carboxylic acids is 1. The van der Waals surface area contributed by atoms with Crippen LogP contribution in [0.2, 0.25) is 0 Å². The van der Waals surface area contributed by atoms with Gasteiger partial charge in [-0.3, -0.25) is 0 Å². The molecule has 0 radical (unpaired) electrons. The number of amides is 2. The summed E-state index contributed by atoms with van der Waals surface area (Å²) in [6.45, 7) is 0. The van der Waals surface area contributed by atoms with E-state index < -0.39 is 18.0 Å². The molecule has 0 saturated heterocycles. The Morgan fingerprint density at radius 2 is 2.05 bits per heavy atom. The molecule has 0 saturated carbocycles. The summed E-state index contributed by atoms with van der Waals surface area (Å²) in [6.07, 6.45) is 4.95. The third-order valence-corrected chi connectivity index (χ3v) is 2.27. The van der Waals surface area contributed by atoms with Crippen LogP contribution in [0.4, 0.5) is 10.5 Å². The molecule has 0 aliphatic heterocycles. The number of hydrogen-bond donors (Lipinski definition) is 3. The summed E-state index contributed by atoms with van der Waals surface area (Å²) in [5.41, 5.74) is 0.517. The molecule has 1 rings (SSSR count). The van der Waals surface area contributed by atoms with E-state index in [0.717, 1.165) is 0 Å². The topological polar surface area (TPSA) is 87.7 Å². The van der Waals surface area contributed by atoms with Crippen molar-refractivity contribution < 1.29 is 19.4 Å². The minimum absolute atomic E-state index is 0.0780. The van der Waals surface area contributed by atoms with Crippen LogP contribution in [0.5, 0.6) is 5.75 Å². The molecule has 0 aromatic heterocycles. The van der Waals surface area contributed by atoms with Gasteiger partial charge in [-0.25, -0.2) is 9.59 Å². The van der Waals surface area contributed by atoms with Crippen molar-refractivity contribution in [1.82, 2.24) is 5.32 Å². The molecule has 3 N–H and O–H groups in total. The van der Waals surface area contributed by atoms with Gasteiger partial charge < -0.3 is 20.5 Å². The molecule has 1 aromatic rings. The van der Waals surface area contributed by atoms with Gasteiger partial charge in [-0.15, -0.1) is 12.3 Å². The number of nitrogens with one attached hydrogen (secondary N) is 2. The first kappa shape index (κ1) is 14.4. The molecule has 0 spiro atoms. The number of urea groups is 1. The van der Waals surface area contributed by atoms with Gasteiger partial charge >= 0.3 is 12.0 Å². The van der Waals surface area contributed by atoms with Gasteiger partial charge in [0.25, 0.3) is 0 Å². The number of benzene rings is 1. The van der Waals surface area contributed by atoms with Crippen molar-refractivity contribution in [1.29, 1.82) is 0 Å². The number of carbonyl (C=O) groups excluding carboxylic acids is 1. The standard InChI is InChI=1S/C13H14N2O4/c1-3-4-11(12(16)17)15-13(18)14-9-5-7-10(19-2)8-6-9/h1,5-8,11H,4H2,2H3,(H,16,17)(H2,14,15,18). The van der Waals surface area contributed by atoms with Crippen LogP contribution < -0.4 is 15.4 Å². The first-order valence-electron chi connectivity index (χ1n) is 5.44. The molecular weight excluding hydrogens is 248 g/mol. The van der Waals surface area contributed by atoms with E-state index >= 15 is 0 Å². The summed E-state index contributed by atoms with van der Waals surface area (Å²) < 4.78 is 4.97. The third-order valence-electron chi connectivity index (χ3n) is 2.27. The second-order valence-corrected chi connectivity index (χ2v) is 3.63. The lowest BCUT2D eigenvalue weighted by Crippen LogP contribution is -2.42. The van der Waals surface area contributed by atoms with Gasteiger partial charge in [0.15, 0.2) is 0 Å². The number of anilines is 1. The molecule has 6 nitrogen and oxygen atoms in total. The predicted molar refractivity (Wildman–Crippen MR) is 70.0 cm³/mol. The highest BCUT2D eigenvalue weighted by atomic mass is 16.5. The van der Waals surface area contributed by atoms with Crippen molar-refractivity contribution in [3.05, 3.63) is 24.3 Å². The first-order valence-corrected chi connectivity index (χ1v) is 5.44. The molecule has 0 fully saturated rings. The second-order valence-electron chi connectivity index (χ2n) is 3.63. The molecule has 0 aliphatic rings. The smallest absolute Gasteiger partial charge is 0.327 e. The van der Waals surface area contributed by atoms with Crippen molar-refractivity contribution in [2.45, 2.75) is 12.5 Å². The van der Waals surface area contributed by atoms with E-state index in [0.29, 0.717) is 11.4 Å². The Bertz CT molecular complexity index is 490. The third kappa shape index (κ3) is 4.60. The van der Waals surface area contributed by atoms with Gasteiger partial charge in [-0.1, -0.05) is 0 Å². The van der Waals surface area contributed by atoms with E-state index in [4.69, 9.17) is 16.3 Å². The molecule has 0 aliphatic carbocycles. The number of methoxy groups -OCH3 is 1. The first-order chi connectivity index (χ1) is 9.06. The van der Waals surface area contributed by atoms with E-state index in [2.05, 4.69) is 16.6 Å². The fourth-order valence-corrected chi connectivity index (χ4v) is 1.32. The summed E-state index contributed by atoms with van der Waals surface area (Å²) >= 11 is 0. The van der Waals surface area contributed by atoms with Crippen LogP contribution in [0, 0.1) is 12.3 Å². The molecule has 100 valence electrons. The Balaban J connectivity index is 2.58. The largest absolute Gasteiger partial charge is 0.497 e. The van der Waals surface area contributed by atoms with E-state index in [1.807, 2.05) is 0 Å². The SMILES string of the molecule is C#CCC(NC(=O)Nc1ccc(OC)cc1)C(=O)O. The van der Waals surface area contributed by atoms with Crippen LogP contribution in [0.25, 0.3) is 0 Å². The van der Waals surface area contributed by atoms with Crippen LogP contribution in [0.1, 0.15) is 6.42 Å². The van der Waals surface area contributed by atoms with Crippen LogP contribution in [-0.2, 0) is 4.79 Å². The Hall–Kier alpha value is -2.68. The highest BCUT2D eigenvalue weighted by molar-refractivity contribution is 5.92. The van der Waals surface area contributed by atoms with Gasteiger partial charge in [0.2, 0.25) is 0 Å². The zero-order valence-electron chi connectivity index (χ0n) is 10.3. The van der Waals surface area contributed by atoms with Gasteiger partial charge in [-0.05, 0) is 24.3 Å². The summed E-state index contributed by atoms with van der Waals surface area (Å²) in [4.78, 5) is 22.4. The van der Waals surface area contributed by atoms with E-state index in [-0.39, 0.29) is 6.42 Å². The Kier molecular flexibility index (Phi) is 5.23. The molecule has 0 bridgehead atoms. The quantitative estimate of drug-likeness (QED) is 0.698. The maximum atomic E-state index is 11.6. The molecule has 19 heavy (non-hydrogen) atoms. The fourth-order valence-electron chi connectivity index (χ4n) is 1.32. The lowest BCUT2D eigenvalue weighted by Gasteiger charge is -2.13. The maximum absolute atomic E-state index is 11.6. The van der Waals surface area contributed by atoms with Gasteiger partial charge in [0, 0.05) is 12.1 Å². The number of carboxylic acids is 1. The van der Waals surface area contributed by atoms with Gasteiger partial charge in [-0.2, -0.15) is 0 Å². The second kappa shape index (κ2) is 6.91. The van der Waals surface area contributed by atoms with Crippen molar-refractivity contribution >= 4 is 17.7 Å². The van der Waals surface area contributed by atoms with Crippen molar-refractivity contribution in [3.8, 4) is 18.1 Å². The normalized spacial score (nSPS) is 10.9. The van der Waals surface area contributed by atoms with Crippen molar-refractivity contribution in [2.75, 3.05) is 12.4 Å². The zero-order valence-corrected chi connectivity index (χ0v) is 10.3. The van der Waals surface area contributed by atoms with E-state index in [9.17, 15) is 9.59 Å². The molecular formula is C13H14N2O4. The van der Waals surface area contributed by atoms with Crippen LogP contribution in [-0.4, -0.2) is 30.3 Å². The fraction of sp³-hybridized carbons (Fsp3) is 0.231. The number of carboxylic acid groups (broad SMARTS) is 1. The highest BCUT2D eigenvalue weighted by Gasteiger charge is 2.18. The Morgan fingerprint density at radius 3 is 2.53 bits per heavy atom. The predicted octanol–water partition coefficient (Wildman–Crippen LogP) is 1.29. The summed E-state index contributed by atoms with van der Waals surface area (Å²) in [7, 11) is 1.53. The zero-order chi connectivity index (χ0) is 14.3. The lowest BCUT2D eigenvalue weighted by molar-refractivity contribution is -0.139. The molecule has 1 atom stereocenters. The summed E-state index contributed by atoms with van der Waals surface area (Å²) in [6, 6.07) is 4.87. The van der Waals surface area contributed by atoms with Gasteiger partial charge in [0.1, 0.15) is 11.8 Å². The molecule has 1 aromatic carbocycles. The number of carbonyl (C=O) groups is 2. The minimum atomic E-state index is -1.18. The van der Waals surface area contributed by atoms with Gasteiger partial charge in [0.05, 0.1) is 7.11 Å². The Morgan fingerprint density at radius 1 is 1.42 bits per heavy atom. The molecule has 6 heteroatoms. The monoisotopic (exact) mass is 262 g/mol. The molecule has 1 unspecified atom stereocenters. The average molecular weight is 262 g/mol. The number of hydrogen-bond acceptors (Lipinski definition) is 3. The number of terminal acetylenes is 1. The van der Waals surface area contributed by atoms with E-state index in [1.165, 1.54) is 7.11 Å².